The molecule has 0 radical (unpaired) electrons. The molecule has 0 aliphatic heterocycles. The minimum absolute atomic E-state index is 0.00722. The summed E-state index contributed by atoms with van der Waals surface area (Å²) < 4.78 is 24.8. The molecular formula is C16H23F2NO3. The second-order valence-electron chi connectivity index (χ2n) is 7.68. The van der Waals surface area contributed by atoms with E-state index in [1.54, 1.807) is 0 Å². The number of rotatable bonds is 6. The highest BCUT2D eigenvalue weighted by Gasteiger charge is 2.51. The highest BCUT2D eigenvalue weighted by Crippen LogP contribution is 2.61. The summed E-state index contributed by atoms with van der Waals surface area (Å²) in [5.74, 6) is 0.343. The van der Waals surface area contributed by atoms with Gasteiger partial charge < -0.3 is 10.4 Å². The molecule has 0 spiro atoms. The lowest BCUT2D eigenvalue weighted by molar-refractivity contribution is -0.144. The van der Waals surface area contributed by atoms with E-state index in [1.807, 2.05) is 0 Å². The number of carbonyl (C=O) groups excluding carboxylic acids is 1. The third kappa shape index (κ3) is 3.25. The Morgan fingerprint density at radius 3 is 2.00 bits per heavy atom. The molecule has 0 heterocycles. The molecule has 4 aliphatic carbocycles. The molecule has 2 N–H and O–H groups in total. The maximum absolute atomic E-state index is 12.4. The van der Waals surface area contributed by atoms with Gasteiger partial charge in [0.2, 0.25) is 12.3 Å². The Bertz CT molecular complexity index is 431. The van der Waals surface area contributed by atoms with Crippen molar-refractivity contribution in [2.45, 2.75) is 63.8 Å². The molecule has 4 fully saturated rings. The monoisotopic (exact) mass is 315 g/mol. The van der Waals surface area contributed by atoms with E-state index < -0.39 is 24.9 Å². The number of halogens is 2. The number of nitrogens with one attached hydrogen (secondary N) is 1. The van der Waals surface area contributed by atoms with Crippen LogP contribution in [0.4, 0.5) is 8.78 Å². The van der Waals surface area contributed by atoms with E-state index in [4.69, 9.17) is 5.11 Å². The van der Waals surface area contributed by atoms with Gasteiger partial charge in [0.15, 0.2) is 0 Å². The first-order chi connectivity index (χ1) is 10.3. The fourth-order valence-electron chi connectivity index (χ4n) is 5.49. The minimum atomic E-state index is -2.74. The normalized spacial score (nSPS) is 37.3. The molecule has 1 atom stereocenters. The summed E-state index contributed by atoms with van der Waals surface area (Å²) in [6.45, 7) is 0. The molecule has 22 heavy (non-hydrogen) atoms. The van der Waals surface area contributed by atoms with E-state index in [2.05, 4.69) is 5.32 Å². The lowest BCUT2D eigenvalue weighted by Crippen LogP contribution is -2.49. The Kier molecular flexibility index (Phi) is 4.12. The van der Waals surface area contributed by atoms with Crippen LogP contribution in [0.5, 0.6) is 0 Å². The number of hydrogen-bond acceptors (Lipinski definition) is 2. The van der Waals surface area contributed by atoms with Crippen molar-refractivity contribution >= 4 is 11.9 Å². The molecular weight excluding hydrogens is 292 g/mol. The first-order valence-electron chi connectivity index (χ1n) is 8.15. The zero-order valence-corrected chi connectivity index (χ0v) is 12.6. The van der Waals surface area contributed by atoms with Gasteiger partial charge in [-0.25, -0.2) is 13.6 Å². The summed E-state index contributed by atoms with van der Waals surface area (Å²) >= 11 is 0. The molecule has 0 aromatic heterocycles. The van der Waals surface area contributed by atoms with E-state index in [1.165, 1.54) is 19.3 Å². The van der Waals surface area contributed by atoms with E-state index in [-0.39, 0.29) is 11.3 Å². The molecule has 4 rings (SSSR count). The van der Waals surface area contributed by atoms with Crippen molar-refractivity contribution < 1.29 is 23.5 Å². The van der Waals surface area contributed by atoms with Crippen LogP contribution in [0.2, 0.25) is 0 Å². The molecule has 124 valence electrons. The lowest BCUT2D eigenvalue weighted by Gasteiger charge is -2.56. The molecule has 0 aromatic rings. The van der Waals surface area contributed by atoms with Gasteiger partial charge in [0.05, 0.1) is 0 Å². The average molecular weight is 315 g/mol. The van der Waals surface area contributed by atoms with Crippen LogP contribution in [-0.4, -0.2) is 29.5 Å². The Labute approximate surface area is 128 Å². The zero-order chi connectivity index (χ0) is 15.9. The van der Waals surface area contributed by atoms with Crippen LogP contribution < -0.4 is 5.32 Å². The minimum Gasteiger partial charge on any atom is -0.480 e. The standard InChI is InChI=1S/C16H23F2NO3/c17-13(18)4-12(15(21)22)19-14(20)8-16-5-9-1-10(6-16)3-11(2-9)7-16/h9-13H,1-8H2,(H,19,20)(H,21,22). The number of carboxylic acid groups (broad SMARTS) is 1. The quantitative estimate of drug-likeness (QED) is 0.792. The van der Waals surface area contributed by atoms with Gasteiger partial charge in [0.25, 0.3) is 0 Å². The van der Waals surface area contributed by atoms with E-state index >= 15 is 0 Å². The summed E-state index contributed by atoms with van der Waals surface area (Å²) in [5.41, 5.74) is -0.00722. The first-order valence-corrected chi connectivity index (χ1v) is 8.15. The average Bonchev–Trinajstić information content (AvgIpc) is 2.34. The van der Waals surface area contributed by atoms with Crippen LogP contribution >= 0.6 is 0 Å². The van der Waals surface area contributed by atoms with Crippen molar-refractivity contribution in [1.29, 1.82) is 0 Å². The highest BCUT2D eigenvalue weighted by molar-refractivity contribution is 5.83. The Balaban J connectivity index is 1.60. The molecule has 0 aromatic carbocycles. The number of carbonyl (C=O) groups is 2. The van der Waals surface area contributed by atoms with Crippen molar-refractivity contribution in [3.8, 4) is 0 Å². The molecule has 0 saturated heterocycles. The van der Waals surface area contributed by atoms with Crippen molar-refractivity contribution in [3.05, 3.63) is 0 Å². The van der Waals surface area contributed by atoms with Gasteiger partial charge in [0, 0.05) is 12.8 Å². The molecule has 4 nitrogen and oxygen atoms in total. The van der Waals surface area contributed by atoms with Crippen molar-refractivity contribution in [1.82, 2.24) is 5.32 Å². The molecule has 1 unspecified atom stereocenters. The van der Waals surface area contributed by atoms with Crippen LogP contribution in [-0.2, 0) is 9.59 Å². The summed E-state index contributed by atoms with van der Waals surface area (Å²) in [6, 6.07) is -1.48. The highest BCUT2D eigenvalue weighted by atomic mass is 19.3. The molecule has 4 bridgehead atoms. The second kappa shape index (κ2) is 5.78. The van der Waals surface area contributed by atoms with Gasteiger partial charge in [-0.2, -0.15) is 0 Å². The van der Waals surface area contributed by atoms with Crippen molar-refractivity contribution in [2.24, 2.45) is 23.2 Å². The maximum Gasteiger partial charge on any atom is 0.326 e. The summed E-state index contributed by atoms with van der Waals surface area (Å²) in [6.07, 6.45) is 3.65. The maximum atomic E-state index is 12.4. The van der Waals surface area contributed by atoms with E-state index in [0.717, 1.165) is 19.3 Å². The summed E-state index contributed by atoms with van der Waals surface area (Å²) in [7, 11) is 0. The van der Waals surface area contributed by atoms with Gasteiger partial charge in [-0.05, 0) is 61.7 Å². The summed E-state index contributed by atoms with van der Waals surface area (Å²) in [4.78, 5) is 23.2. The fraction of sp³-hybridized carbons (Fsp3) is 0.875. The van der Waals surface area contributed by atoms with Crippen LogP contribution in [0.3, 0.4) is 0 Å². The van der Waals surface area contributed by atoms with Crippen LogP contribution in [0.25, 0.3) is 0 Å². The topological polar surface area (TPSA) is 66.4 Å². The molecule has 6 heteroatoms. The number of carboxylic acids is 1. The third-order valence-electron chi connectivity index (χ3n) is 5.75. The fourth-order valence-corrected chi connectivity index (χ4v) is 5.49. The predicted octanol–water partition coefficient (Wildman–Crippen LogP) is 2.82. The molecule has 4 saturated carbocycles. The van der Waals surface area contributed by atoms with Crippen molar-refractivity contribution in [2.75, 3.05) is 0 Å². The van der Waals surface area contributed by atoms with Gasteiger partial charge in [-0.15, -0.1) is 0 Å². The van der Waals surface area contributed by atoms with Crippen molar-refractivity contribution in [3.63, 3.8) is 0 Å². The van der Waals surface area contributed by atoms with Crippen LogP contribution in [0.15, 0.2) is 0 Å². The molecule has 4 aliphatic rings. The van der Waals surface area contributed by atoms with E-state index in [0.29, 0.717) is 24.2 Å². The van der Waals surface area contributed by atoms with Gasteiger partial charge in [-0.3, -0.25) is 4.79 Å². The molecule has 1 amide bonds. The Morgan fingerprint density at radius 2 is 1.59 bits per heavy atom. The SMILES string of the molecule is O=C(CC12CC3CC(CC(C3)C1)C2)NC(CC(F)F)C(=O)O. The smallest absolute Gasteiger partial charge is 0.326 e. The lowest BCUT2D eigenvalue weighted by atomic mass is 9.49. The number of amides is 1. The first kappa shape index (κ1) is 15.7. The zero-order valence-electron chi connectivity index (χ0n) is 12.6. The second-order valence-corrected chi connectivity index (χ2v) is 7.68. The largest absolute Gasteiger partial charge is 0.480 e. The summed E-state index contributed by atoms with van der Waals surface area (Å²) in [5, 5.41) is 11.3. The number of alkyl halides is 2. The third-order valence-corrected chi connectivity index (χ3v) is 5.75. The van der Waals surface area contributed by atoms with E-state index in [9.17, 15) is 18.4 Å². The number of hydrogen-bond donors (Lipinski definition) is 2. The van der Waals surface area contributed by atoms with Gasteiger partial charge in [-0.1, -0.05) is 0 Å². The Morgan fingerprint density at radius 1 is 1.09 bits per heavy atom. The van der Waals surface area contributed by atoms with Gasteiger partial charge >= 0.3 is 5.97 Å². The van der Waals surface area contributed by atoms with Crippen LogP contribution in [0.1, 0.15) is 51.4 Å². The van der Waals surface area contributed by atoms with Gasteiger partial charge in [0.1, 0.15) is 6.04 Å². The number of aliphatic carboxylic acids is 1. The van der Waals surface area contributed by atoms with Crippen LogP contribution in [0, 0.1) is 23.2 Å². The Hall–Kier alpha value is -1.20. The predicted molar refractivity (Wildman–Crippen MR) is 75.4 cm³/mol.